The zero-order valence-corrected chi connectivity index (χ0v) is 6.26. The summed E-state index contributed by atoms with van der Waals surface area (Å²) in [5, 5.41) is 2.45. The van der Waals surface area contributed by atoms with Crippen molar-refractivity contribution in [3.05, 3.63) is 23.7 Å². The number of nitrogens with one attached hydrogen (secondary N) is 1. The van der Waals surface area contributed by atoms with Gasteiger partial charge in [-0.25, -0.2) is 0 Å². The predicted octanol–water partition coefficient (Wildman–Crippen LogP) is 0.0979. The molecule has 0 aliphatic heterocycles. The highest BCUT2D eigenvalue weighted by molar-refractivity contribution is 5.91. The van der Waals surface area contributed by atoms with Crippen molar-refractivity contribution >= 4 is 5.91 Å². The first kappa shape index (κ1) is 7.81. The van der Waals surface area contributed by atoms with E-state index in [9.17, 15) is 4.79 Å². The number of carbonyl (C=O) groups is 1. The van der Waals surface area contributed by atoms with Crippen molar-refractivity contribution in [3.63, 3.8) is 0 Å². The van der Waals surface area contributed by atoms with Gasteiger partial charge < -0.3 is 15.5 Å². The lowest BCUT2D eigenvalue weighted by molar-refractivity contribution is 0.0935. The third kappa shape index (κ3) is 1.59. The van der Waals surface area contributed by atoms with E-state index >= 15 is 0 Å². The van der Waals surface area contributed by atoms with E-state index in [1.54, 1.807) is 13.1 Å². The van der Waals surface area contributed by atoms with E-state index in [4.69, 9.17) is 10.2 Å². The van der Waals surface area contributed by atoms with Crippen molar-refractivity contribution < 1.29 is 9.21 Å². The van der Waals surface area contributed by atoms with Crippen LogP contribution in [0.2, 0.25) is 0 Å². The molecule has 1 aromatic rings. The molecule has 1 amide bonds. The molecule has 0 bridgehead atoms. The summed E-state index contributed by atoms with van der Waals surface area (Å²) in [6.07, 6.45) is 1.48. The molecule has 1 rings (SSSR count). The van der Waals surface area contributed by atoms with Gasteiger partial charge in [0.15, 0.2) is 5.76 Å². The van der Waals surface area contributed by atoms with Crippen LogP contribution in [-0.4, -0.2) is 13.0 Å². The van der Waals surface area contributed by atoms with Crippen LogP contribution in [0.5, 0.6) is 0 Å². The van der Waals surface area contributed by atoms with E-state index in [0.717, 1.165) is 5.56 Å². The first-order valence-corrected chi connectivity index (χ1v) is 3.27. The maximum Gasteiger partial charge on any atom is 0.286 e. The van der Waals surface area contributed by atoms with Crippen LogP contribution in [0.3, 0.4) is 0 Å². The van der Waals surface area contributed by atoms with Crippen molar-refractivity contribution in [2.45, 2.75) is 6.54 Å². The van der Waals surface area contributed by atoms with Gasteiger partial charge in [-0.1, -0.05) is 0 Å². The highest BCUT2D eigenvalue weighted by Crippen LogP contribution is 2.05. The summed E-state index contributed by atoms with van der Waals surface area (Å²) in [5.74, 6) is 0.0673. The minimum atomic E-state index is -0.232. The normalized spacial score (nSPS) is 9.64. The molecular weight excluding hydrogens is 144 g/mol. The summed E-state index contributed by atoms with van der Waals surface area (Å²) in [5.41, 5.74) is 6.14. The molecule has 0 aromatic carbocycles. The average Bonchev–Trinajstić information content (AvgIpc) is 2.50. The number of amides is 1. The molecule has 1 heterocycles. The quantitative estimate of drug-likeness (QED) is 0.634. The van der Waals surface area contributed by atoms with Gasteiger partial charge in [-0.05, 0) is 6.07 Å². The van der Waals surface area contributed by atoms with Crippen LogP contribution < -0.4 is 11.1 Å². The Kier molecular flexibility index (Phi) is 2.28. The second kappa shape index (κ2) is 3.21. The standard InChI is InChI=1S/C7H10N2O2/c1-9-7(10)6-2-5(3-8)4-11-6/h2,4H,3,8H2,1H3,(H,9,10). The summed E-state index contributed by atoms with van der Waals surface area (Å²) >= 11 is 0. The summed E-state index contributed by atoms with van der Waals surface area (Å²) in [7, 11) is 1.55. The van der Waals surface area contributed by atoms with Crippen molar-refractivity contribution in [3.8, 4) is 0 Å². The van der Waals surface area contributed by atoms with Crippen molar-refractivity contribution in [2.75, 3.05) is 7.05 Å². The largest absolute Gasteiger partial charge is 0.459 e. The number of rotatable bonds is 2. The fourth-order valence-corrected chi connectivity index (χ4v) is 0.725. The molecule has 4 nitrogen and oxygen atoms in total. The Balaban J connectivity index is 2.80. The molecule has 3 N–H and O–H groups in total. The smallest absolute Gasteiger partial charge is 0.286 e. The monoisotopic (exact) mass is 154 g/mol. The highest BCUT2D eigenvalue weighted by Gasteiger charge is 2.07. The van der Waals surface area contributed by atoms with Gasteiger partial charge in [0.1, 0.15) is 0 Å². The van der Waals surface area contributed by atoms with E-state index in [2.05, 4.69) is 5.32 Å². The molecular formula is C7H10N2O2. The lowest BCUT2D eigenvalue weighted by Crippen LogP contribution is -2.16. The van der Waals surface area contributed by atoms with Crippen LogP contribution in [0, 0.1) is 0 Å². The molecule has 0 unspecified atom stereocenters. The minimum absolute atomic E-state index is 0.232. The predicted molar refractivity (Wildman–Crippen MR) is 40.0 cm³/mol. The zero-order valence-electron chi connectivity index (χ0n) is 6.26. The molecule has 0 aliphatic carbocycles. The maximum absolute atomic E-state index is 10.9. The van der Waals surface area contributed by atoms with Crippen LogP contribution >= 0.6 is 0 Å². The van der Waals surface area contributed by atoms with Crippen molar-refractivity contribution in [2.24, 2.45) is 5.73 Å². The molecule has 11 heavy (non-hydrogen) atoms. The Hall–Kier alpha value is -1.29. The summed E-state index contributed by atoms with van der Waals surface area (Å²) < 4.78 is 4.92. The highest BCUT2D eigenvalue weighted by atomic mass is 16.3. The van der Waals surface area contributed by atoms with E-state index < -0.39 is 0 Å². The zero-order chi connectivity index (χ0) is 8.27. The molecule has 0 aliphatic rings. The van der Waals surface area contributed by atoms with Gasteiger partial charge >= 0.3 is 0 Å². The van der Waals surface area contributed by atoms with Gasteiger partial charge in [0.2, 0.25) is 0 Å². The van der Waals surface area contributed by atoms with E-state index in [-0.39, 0.29) is 5.91 Å². The van der Waals surface area contributed by atoms with Crippen LogP contribution in [-0.2, 0) is 6.54 Å². The molecule has 1 aromatic heterocycles. The number of nitrogens with two attached hydrogens (primary N) is 1. The van der Waals surface area contributed by atoms with E-state index in [0.29, 0.717) is 12.3 Å². The molecule has 0 atom stereocenters. The van der Waals surface area contributed by atoms with Gasteiger partial charge in [0.25, 0.3) is 5.91 Å². The molecule has 60 valence electrons. The molecule has 0 fully saturated rings. The summed E-state index contributed by atoms with van der Waals surface area (Å²) in [6, 6.07) is 1.62. The minimum Gasteiger partial charge on any atom is -0.459 e. The second-order valence-electron chi connectivity index (χ2n) is 2.10. The van der Waals surface area contributed by atoms with E-state index in [1.807, 2.05) is 0 Å². The van der Waals surface area contributed by atoms with Crippen molar-refractivity contribution in [1.29, 1.82) is 0 Å². The van der Waals surface area contributed by atoms with Gasteiger partial charge in [0.05, 0.1) is 6.26 Å². The van der Waals surface area contributed by atoms with Gasteiger partial charge in [0, 0.05) is 19.2 Å². The Morgan fingerprint density at radius 2 is 2.55 bits per heavy atom. The number of carbonyl (C=O) groups excluding carboxylic acids is 1. The Morgan fingerprint density at radius 1 is 1.82 bits per heavy atom. The molecule has 4 heteroatoms. The Bertz CT molecular complexity index is 255. The molecule has 0 saturated carbocycles. The third-order valence-electron chi connectivity index (χ3n) is 1.34. The van der Waals surface area contributed by atoms with Gasteiger partial charge in [-0.3, -0.25) is 4.79 Å². The lowest BCUT2D eigenvalue weighted by atomic mass is 10.3. The summed E-state index contributed by atoms with van der Waals surface area (Å²) in [6.45, 7) is 0.389. The number of hydrogen-bond acceptors (Lipinski definition) is 3. The molecule has 0 radical (unpaired) electrons. The SMILES string of the molecule is CNC(=O)c1cc(CN)co1. The Labute approximate surface area is 64.4 Å². The van der Waals surface area contributed by atoms with E-state index in [1.165, 1.54) is 6.26 Å². The lowest BCUT2D eigenvalue weighted by Gasteiger charge is -1.90. The molecule has 0 saturated heterocycles. The molecule has 0 spiro atoms. The fourth-order valence-electron chi connectivity index (χ4n) is 0.725. The number of furan rings is 1. The number of hydrogen-bond donors (Lipinski definition) is 2. The first-order chi connectivity index (χ1) is 5.27. The topological polar surface area (TPSA) is 68.3 Å². The van der Waals surface area contributed by atoms with Crippen LogP contribution in [0.4, 0.5) is 0 Å². The second-order valence-corrected chi connectivity index (χ2v) is 2.10. The van der Waals surface area contributed by atoms with Crippen LogP contribution in [0.25, 0.3) is 0 Å². The van der Waals surface area contributed by atoms with Crippen LogP contribution in [0.15, 0.2) is 16.7 Å². The average molecular weight is 154 g/mol. The van der Waals surface area contributed by atoms with Crippen molar-refractivity contribution in [1.82, 2.24) is 5.32 Å². The van der Waals surface area contributed by atoms with Gasteiger partial charge in [-0.2, -0.15) is 0 Å². The Morgan fingerprint density at radius 3 is 3.00 bits per heavy atom. The first-order valence-electron chi connectivity index (χ1n) is 3.27. The van der Waals surface area contributed by atoms with Crippen LogP contribution in [0.1, 0.15) is 16.1 Å². The maximum atomic E-state index is 10.9. The van der Waals surface area contributed by atoms with Gasteiger partial charge in [-0.15, -0.1) is 0 Å². The third-order valence-corrected chi connectivity index (χ3v) is 1.34. The fraction of sp³-hybridized carbons (Fsp3) is 0.286. The summed E-state index contributed by atoms with van der Waals surface area (Å²) in [4.78, 5) is 10.9.